The summed E-state index contributed by atoms with van der Waals surface area (Å²) in [5.74, 6) is 1.68. The highest BCUT2D eigenvalue weighted by molar-refractivity contribution is 5.73. The Morgan fingerprint density at radius 1 is 1.14 bits per heavy atom. The Kier molecular flexibility index (Phi) is 6.37. The van der Waals surface area contributed by atoms with Crippen molar-refractivity contribution in [2.75, 3.05) is 32.8 Å². The van der Waals surface area contributed by atoms with Gasteiger partial charge >= 0.3 is 6.03 Å². The minimum Gasteiger partial charge on any atom is -0.486 e. The summed E-state index contributed by atoms with van der Waals surface area (Å²) >= 11 is 0. The second-order valence-corrected chi connectivity index (χ2v) is 5.34. The first-order valence-corrected chi connectivity index (χ1v) is 8.16. The van der Waals surface area contributed by atoms with Gasteiger partial charge in [-0.15, -0.1) is 0 Å². The lowest BCUT2D eigenvalue weighted by Gasteiger charge is -2.19. The molecule has 0 bridgehead atoms. The van der Waals surface area contributed by atoms with Gasteiger partial charge in [0.15, 0.2) is 11.5 Å². The number of unbranched alkanes of at least 4 members (excludes halogenated alkanes) is 1. The molecule has 0 aromatic heterocycles. The van der Waals surface area contributed by atoms with E-state index in [4.69, 9.17) is 9.47 Å². The van der Waals surface area contributed by atoms with E-state index in [0.717, 1.165) is 50.4 Å². The van der Waals surface area contributed by atoms with Crippen LogP contribution in [0.5, 0.6) is 11.5 Å². The van der Waals surface area contributed by atoms with Gasteiger partial charge in [0.2, 0.25) is 0 Å². The molecule has 1 aliphatic heterocycles. The Morgan fingerprint density at radius 3 is 2.59 bits per heavy atom. The molecule has 0 atom stereocenters. The molecule has 1 heterocycles. The lowest BCUT2D eigenvalue weighted by atomic mass is 10.1. The van der Waals surface area contributed by atoms with Crippen LogP contribution in [-0.4, -0.2) is 43.8 Å². The van der Waals surface area contributed by atoms with Crippen molar-refractivity contribution in [2.24, 2.45) is 0 Å². The van der Waals surface area contributed by atoms with Crippen molar-refractivity contribution in [2.45, 2.75) is 33.1 Å². The fourth-order valence-corrected chi connectivity index (χ4v) is 2.52. The van der Waals surface area contributed by atoms with E-state index in [1.54, 1.807) is 4.90 Å². The minimum atomic E-state index is 0.0318. The van der Waals surface area contributed by atoms with Crippen LogP contribution >= 0.6 is 0 Å². The lowest BCUT2D eigenvalue weighted by molar-refractivity contribution is 0.171. The molecule has 22 heavy (non-hydrogen) atoms. The molecule has 0 spiro atoms. The molecule has 0 saturated heterocycles. The highest BCUT2D eigenvalue weighted by Crippen LogP contribution is 2.31. The molecule has 5 heteroatoms. The second-order valence-electron chi connectivity index (χ2n) is 5.34. The van der Waals surface area contributed by atoms with E-state index in [0.29, 0.717) is 13.2 Å². The smallest absolute Gasteiger partial charge is 0.317 e. The number of hydrogen-bond donors (Lipinski definition) is 1. The highest BCUT2D eigenvalue weighted by Gasteiger charge is 2.11. The third-order valence-corrected chi connectivity index (χ3v) is 3.83. The molecule has 0 aliphatic carbocycles. The first kappa shape index (κ1) is 16.5. The van der Waals surface area contributed by atoms with E-state index in [1.165, 1.54) is 5.56 Å². The van der Waals surface area contributed by atoms with Gasteiger partial charge in [-0.25, -0.2) is 4.79 Å². The first-order chi connectivity index (χ1) is 10.7. The molecule has 1 aromatic carbocycles. The second kappa shape index (κ2) is 8.51. The average molecular weight is 306 g/mol. The Hall–Kier alpha value is -1.91. The van der Waals surface area contributed by atoms with Gasteiger partial charge in [0, 0.05) is 19.6 Å². The number of urea groups is 1. The zero-order valence-corrected chi connectivity index (χ0v) is 13.6. The number of fused-ring (bicyclic) bond motifs is 1. The maximum atomic E-state index is 11.8. The summed E-state index contributed by atoms with van der Waals surface area (Å²) in [6.45, 7) is 7.45. The molecule has 122 valence electrons. The summed E-state index contributed by atoms with van der Waals surface area (Å²) in [5.41, 5.74) is 1.25. The standard InChI is InChI=1S/C17H26N2O3/c1-3-19(4-2)17(20)18-10-6-5-7-14-8-9-15-16(13-14)22-12-11-21-15/h8-9,13H,3-7,10-12H2,1-2H3,(H,18,20). The molecule has 2 rings (SSSR count). The van der Waals surface area contributed by atoms with Gasteiger partial charge in [0.25, 0.3) is 0 Å². The SMILES string of the molecule is CCN(CC)C(=O)NCCCCc1ccc2c(c1)OCCO2. The zero-order chi connectivity index (χ0) is 15.8. The van der Waals surface area contributed by atoms with E-state index in [1.807, 2.05) is 19.9 Å². The predicted octanol–water partition coefficient (Wildman–Crippen LogP) is 2.83. The number of rotatable bonds is 7. The van der Waals surface area contributed by atoms with Crippen LogP contribution in [-0.2, 0) is 6.42 Å². The fraction of sp³-hybridized carbons (Fsp3) is 0.588. The van der Waals surface area contributed by atoms with Crippen molar-refractivity contribution < 1.29 is 14.3 Å². The van der Waals surface area contributed by atoms with Gasteiger partial charge in [-0.1, -0.05) is 6.07 Å². The summed E-state index contributed by atoms with van der Waals surface area (Å²) in [6.07, 6.45) is 3.00. The van der Waals surface area contributed by atoms with Crippen molar-refractivity contribution in [3.63, 3.8) is 0 Å². The molecular weight excluding hydrogens is 280 g/mol. The molecule has 0 fully saturated rings. The summed E-state index contributed by atoms with van der Waals surface area (Å²) in [7, 11) is 0. The maximum Gasteiger partial charge on any atom is 0.317 e. The van der Waals surface area contributed by atoms with E-state index in [-0.39, 0.29) is 6.03 Å². The van der Waals surface area contributed by atoms with Gasteiger partial charge < -0.3 is 19.7 Å². The Balaban J connectivity index is 1.67. The lowest BCUT2D eigenvalue weighted by Crippen LogP contribution is -2.40. The first-order valence-electron chi connectivity index (χ1n) is 8.16. The van der Waals surface area contributed by atoms with Gasteiger partial charge in [-0.3, -0.25) is 0 Å². The largest absolute Gasteiger partial charge is 0.486 e. The van der Waals surface area contributed by atoms with E-state index in [9.17, 15) is 4.79 Å². The summed E-state index contributed by atoms with van der Waals surface area (Å²) in [6, 6.07) is 6.15. The van der Waals surface area contributed by atoms with Crippen LogP contribution in [0.15, 0.2) is 18.2 Å². The number of aryl methyl sites for hydroxylation is 1. The molecule has 1 aromatic rings. The van der Waals surface area contributed by atoms with Crippen LogP contribution in [0.3, 0.4) is 0 Å². The maximum absolute atomic E-state index is 11.8. The number of benzene rings is 1. The van der Waals surface area contributed by atoms with Crippen molar-refractivity contribution >= 4 is 6.03 Å². The van der Waals surface area contributed by atoms with Crippen molar-refractivity contribution in [1.29, 1.82) is 0 Å². The number of carbonyl (C=O) groups excluding carboxylic acids is 1. The van der Waals surface area contributed by atoms with Crippen molar-refractivity contribution in [3.05, 3.63) is 23.8 Å². The fourth-order valence-electron chi connectivity index (χ4n) is 2.52. The van der Waals surface area contributed by atoms with E-state index < -0.39 is 0 Å². The third kappa shape index (κ3) is 4.55. The molecule has 0 saturated carbocycles. The van der Waals surface area contributed by atoms with E-state index in [2.05, 4.69) is 17.4 Å². The van der Waals surface area contributed by atoms with Gasteiger partial charge in [-0.05, 0) is 50.8 Å². The van der Waals surface area contributed by atoms with Crippen LogP contribution in [0.2, 0.25) is 0 Å². The van der Waals surface area contributed by atoms with Crippen molar-refractivity contribution in [1.82, 2.24) is 10.2 Å². The number of nitrogens with one attached hydrogen (secondary N) is 1. The molecule has 2 amide bonds. The van der Waals surface area contributed by atoms with Gasteiger partial charge in [0.05, 0.1) is 0 Å². The minimum absolute atomic E-state index is 0.0318. The number of nitrogens with zero attached hydrogens (tertiary/aromatic N) is 1. The quantitative estimate of drug-likeness (QED) is 0.788. The Bertz CT molecular complexity index is 487. The zero-order valence-electron chi connectivity index (χ0n) is 13.6. The molecular formula is C17H26N2O3. The summed E-state index contributed by atoms with van der Waals surface area (Å²) in [4.78, 5) is 13.6. The monoisotopic (exact) mass is 306 g/mol. The molecule has 5 nitrogen and oxygen atoms in total. The van der Waals surface area contributed by atoms with Crippen LogP contribution in [0.4, 0.5) is 4.79 Å². The average Bonchev–Trinajstić information content (AvgIpc) is 2.55. The topological polar surface area (TPSA) is 50.8 Å². The number of carbonyl (C=O) groups is 1. The van der Waals surface area contributed by atoms with Gasteiger partial charge in [-0.2, -0.15) is 0 Å². The van der Waals surface area contributed by atoms with Crippen LogP contribution in [0, 0.1) is 0 Å². The summed E-state index contributed by atoms with van der Waals surface area (Å²) in [5, 5.41) is 2.96. The van der Waals surface area contributed by atoms with E-state index >= 15 is 0 Å². The van der Waals surface area contributed by atoms with Crippen LogP contribution in [0.1, 0.15) is 32.3 Å². The normalized spacial score (nSPS) is 12.8. The van der Waals surface area contributed by atoms with Crippen molar-refractivity contribution in [3.8, 4) is 11.5 Å². The highest BCUT2D eigenvalue weighted by atomic mass is 16.6. The van der Waals surface area contributed by atoms with Crippen LogP contribution in [0.25, 0.3) is 0 Å². The Labute approximate surface area is 132 Å². The van der Waals surface area contributed by atoms with Gasteiger partial charge in [0.1, 0.15) is 13.2 Å². The number of amides is 2. The Morgan fingerprint density at radius 2 is 1.86 bits per heavy atom. The molecule has 0 unspecified atom stereocenters. The third-order valence-electron chi connectivity index (χ3n) is 3.83. The molecule has 1 aliphatic rings. The number of hydrogen-bond acceptors (Lipinski definition) is 3. The number of ether oxygens (including phenoxy) is 2. The molecule has 0 radical (unpaired) electrons. The predicted molar refractivity (Wildman–Crippen MR) is 86.7 cm³/mol. The van der Waals surface area contributed by atoms with Crippen LogP contribution < -0.4 is 14.8 Å². The summed E-state index contributed by atoms with van der Waals surface area (Å²) < 4.78 is 11.1. The molecule has 1 N–H and O–H groups in total.